The average molecular weight is 465 g/mol. The molecule has 160 valence electrons. The summed E-state index contributed by atoms with van der Waals surface area (Å²) in [6.45, 7) is -0.439. The zero-order chi connectivity index (χ0) is 21.5. The fourth-order valence-electron chi connectivity index (χ4n) is 3.07. The molecule has 0 amide bonds. The van der Waals surface area contributed by atoms with Gasteiger partial charge in [0.25, 0.3) is 5.92 Å². The van der Waals surface area contributed by atoms with Gasteiger partial charge < -0.3 is 4.90 Å². The Balaban J connectivity index is 1.75. The highest BCUT2D eigenvalue weighted by Crippen LogP contribution is 2.35. The lowest BCUT2D eigenvalue weighted by atomic mass is 10.2. The minimum absolute atomic E-state index is 0.000135. The summed E-state index contributed by atoms with van der Waals surface area (Å²) in [4.78, 5) is 9.56. The summed E-state index contributed by atoms with van der Waals surface area (Å²) in [6, 6.07) is 6.98. The van der Waals surface area contributed by atoms with Gasteiger partial charge in [0.15, 0.2) is 22.1 Å². The number of anilines is 1. The van der Waals surface area contributed by atoms with E-state index in [2.05, 4.69) is 20.3 Å². The number of rotatable bonds is 5. The smallest absolute Gasteiger partial charge is 0.348 e. The van der Waals surface area contributed by atoms with Crippen LogP contribution in [0.15, 0.2) is 29.4 Å². The number of halogens is 6. The van der Waals surface area contributed by atoms with Gasteiger partial charge in [-0.05, 0) is 11.6 Å². The molecule has 1 aromatic carbocycles. The van der Waals surface area contributed by atoms with E-state index in [1.165, 1.54) is 9.58 Å². The van der Waals surface area contributed by atoms with Crippen molar-refractivity contribution in [3.63, 3.8) is 0 Å². The van der Waals surface area contributed by atoms with Crippen molar-refractivity contribution in [3.8, 4) is 0 Å². The van der Waals surface area contributed by atoms with Crippen LogP contribution in [0.1, 0.15) is 12.0 Å². The van der Waals surface area contributed by atoms with Crippen LogP contribution in [-0.2, 0) is 6.54 Å². The number of aromatic nitrogens is 5. The Morgan fingerprint density at radius 1 is 1.17 bits per heavy atom. The Labute approximate surface area is 176 Å². The Hall–Kier alpha value is -2.21. The van der Waals surface area contributed by atoms with Crippen LogP contribution in [0.4, 0.5) is 27.8 Å². The van der Waals surface area contributed by atoms with Crippen molar-refractivity contribution >= 4 is 40.3 Å². The Morgan fingerprint density at radius 2 is 1.93 bits per heavy atom. The first-order valence-corrected chi connectivity index (χ1v) is 10.1. The summed E-state index contributed by atoms with van der Waals surface area (Å²) in [5, 5.41) is 8.31. The SMILES string of the molecule is FC(F)(F)CSc1nc(N2CCC(F)(F)C2)c2nnn(Cc3ccccc3Cl)c2n1. The lowest BCUT2D eigenvalue weighted by molar-refractivity contribution is -0.105. The summed E-state index contributed by atoms with van der Waals surface area (Å²) in [7, 11) is 0. The molecular formula is C17H14ClF5N6S. The van der Waals surface area contributed by atoms with Gasteiger partial charge in [-0.2, -0.15) is 13.2 Å². The topological polar surface area (TPSA) is 59.7 Å². The molecule has 4 rings (SSSR count). The third-order valence-electron chi connectivity index (χ3n) is 4.44. The van der Waals surface area contributed by atoms with Crippen LogP contribution in [-0.4, -0.2) is 55.9 Å². The lowest BCUT2D eigenvalue weighted by Crippen LogP contribution is -2.26. The molecule has 1 aliphatic rings. The zero-order valence-electron chi connectivity index (χ0n) is 15.2. The van der Waals surface area contributed by atoms with Crippen molar-refractivity contribution in [1.82, 2.24) is 25.0 Å². The highest BCUT2D eigenvalue weighted by molar-refractivity contribution is 7.99. The van der Waals surface area contributed by atoms with Crippen LogP contribution < -0.4 is 4.90 Å². The van der Waals surface area contributed by atoms with Crippen LogP contribution >= 0.6 is 23.4 Å². The molecule has 0 bridgehead atoms. The van der Waals surface area contributed by atoms with Crippen LogP contribution in [0.3, 0.4) is 0 Å². The summed E-state index contributed by atoms with van der Waals surface area (Å²) in [6.07, 6.45) is -4.81. The van der Waals surface area contributed by atoms with Crippen molar-refractivity contribution in [3.05, 3.63) is 34.9 Å². The second kappa shape index (κ2) is 7.80. The number of thioether (sulfide) groups is 1. The molecule has 0 saturated carbocycles. The molecular weight excluding hydrogens is 451 g/mol. The van der Waals surface area contributed by atoms with E-state index in [1.54, 1.807) is 24.3 Å². The van der Waals surface area contributed by atoms with Gasteiger partial charge in [-0.15, -0.1) is 5.10 Å². The molecule has 0 radical (unpaired) electrons. The lowest BCUT2D eigenvalue weighted by Gasteiger charge is -2.18. The van der Waals surface area contributed by atoms with Gasteiger partial charge in [-0.3, -0.25) is 0 Å². The number of nitrogens with zero attached hydrogens (tertiary/aromatic N) is 6. The molecule has 0 aliphatic carbocycles. The fourth-order valence-corrected chi connectivity index (χ4v) is 3.86. The molecule has 0 atom stereocenters. The molecule has 3 aromatic rings. The second-order valence-electron chi connectivity index (χ2n) is 6.77. The third-order valence-corrected chi connectivity index (χ3v) is 5.72. The average Bonchev–Trinajstić information content (AvgIpc) is 3.24. The van der Waals surface area contributed by atoms with E-state index in [4.69, 9.17) is 11.6 Å². The molecule has 0 spiro atoms. The Bertz CT molecular complexity index is 1070. The third kappa shape index (κ3) is 4.59. The minimum Gasteiger partial charge on any atom is -0.348 e. The summed E-state index contributed by atoms with van der Waals surface area (Å²) in [5.41, 5.74) is 0.999. The summed E-state index contributed by atoms with van der Waals surface area (Å²) in [5.74, 6) is -4.07. The zero-order valence-corrected chi connectivity index (χ0v) is 16.8. The van der Waals surface area contributed by atoms with Crippen molar-refractivity contribution in [2.24, 2.45) is 0 Å². The molecule has 0 N–H and O–H groups in total. The molecule has 30 heavy (non-hydrogen) atoms. The van der Waals surface area contributed by atoms with E-state index in [0.717, 1.165) is 0 Å². The highest BCUT2D eigenvalue weighted by atomic mass is 35.5. The van der Waals surface area contributed by atoms with E-state index in [1.807, 2.05) is 0 Å². The van der Waals surface area contributed by atoms with E-state index in [0.29, 0.717) is 22.3 Å². The fraction of sp³-hybridized carbons (Fsp3) is 0.412. The first kappa shape index (κ1) is 21.0. The number of benzene rings is 1. The van der Waals surface area contributed by atoms with Crippen molar-refractivity contribution in [1.29, 1.82) is 0 Å². The largest absolute Gasteiger partial charge is 0.398 e. The first-order chi connectivity index (χ1) is 14.1. The number of fused-ring (bicyclic) bond motifs is 1. The van der Waals surface area contributed by atoms with E-state index in [-0.39, 0.29) is 41.6 Å². The molecule has 1 fully saturated rings. The van der Waals surface area contributed by atoms with E-state index in [9.17, 15) is 22.0 Å². The van der Waals surface area contributed by atoms with Gasteiger partial charge >= 0.3 is 6.18 Å². The van der Waals surface area contributed by atoms with Crippen LogP contribution in [0, 0.1) is 0 Å². The number of hydrogen-bond donors (Lipinski definition) is 0. The maximum Gasteiger partial charge on any atom is 0.398 e. The van der Waals surface area contributed by atoms with E-state index >= 15 is 0 Å². The van der Waals surface area contributed by atoms with Crippen LogP contribution in [0.5, 0.6) is 0 Å². The van der Waals surface area contributed by atoms with Gasteiger partial charge in [0.2, 0.25) is 0 Å². The summed E-state index contributed by atoms with van der Waals surface area (Å²) < 4.78 is 66.9. The molecule has 0 unspecified atom stereocenters. The first-order valence-electron chi connectivity index (χ1n) is 8.78. The maximum atomic E-state index is 13.7. The quantitative estimate of drug-likeness (QED) is 0.316. The predicted molar refractivity (Wildman–Crippen MR) is 102 cm³/mol. The molecule has 3 heterocycles. The maximum absolute atomic E-state index is 13.7. The van der Waals surface area contributed by atoms with Gasteiger partial charge in [0.1, 0.15) is 0 Å². The van der Waals surface area contributed by atoms with Crippen LogP contribution in [0.2, 0.25) is 5.02 Å². The van der Waals surface area contributed by atoms with Crippen LogP contribution in [0.25, 0.3) is 11.2 Å². The van der Waals surface area contributed by atoms with Gasteiger partial charge in [-0.25, -0.2) is 23.4 Å². The molecule has 1 saturated heterocycles. The van der Waals surface area contributed by atoms with E-state index < -0.39 is 24.4 Å². The van der Waals surface area contributed by atoms with Gasteiger partial charge in [-0.1, -0.05) is 46.8 Å². The highest BCUT2D eigenvalue weighted by Gasteiger charge is 2.40. The standard InChI is InChI=1S/C17H14ClF5N6S/c18-11-4-2-1-3-10(11)7-29-14-12(26-27-29)13(28-6-5-16(19,20)8-28)24-15(25-14)30-9-17(21,22)23/h1-4H,5-9H2. The normalized spacial score (nSPS) is 16.5. The molecule has 13 heteroatoms. The second-order valence-corrected chi connectivity index (χ2v) is 8.12. The molecule has 2 aromatic heterocycles. The Morgan fingerprint density at radius 3 is 2.60 bits per heavy atom. The molecule has 6 nitrogen and oxygen atoms in total. The van der Waals surface area contributed by atoms with Crippen molar-refractivity contribution < 1.29 is 22.0 Å². The van der Waals surface area contributed by atoms with Gasteiger partial charge in [0.05, 0.1) is 18.8 Å². The predicted octanol–water partition coefficient (Wildman–Crippen LogP) is 4.42. The van der Waals surface area contributed by atoms with Crippen molar-refractivity contribution in [2.75, 3.05) is 23.7 Å². The minimum atomic E-state index is -4.43. The molecule has 1 aliphatic heterocycles. The van der Waals surface area contributed by atoms with Crippen molar-refractivity contribution in [2.45, 2.75) is 30.2 Å². The number of hydrogen-bond acceptors (Lipinski definition) is 6. The Kier molecular flexibility index (Phi) is 5.47. The van der Waals surface area contributed by atoms with Gasteiger partial charge in [0, 0.05) is 18.0 Å². The number of alkyl halides is 5. The monoisotopic (exact) mass is 464 g/mol. The summed E-state index contributed by atoms with van der Waals surface area (Å²) >= 11 is 6.56.